The van der Waals surface area contributed by atoms with E-state index in [1.54, 1.807) is 55.6 Å². The first kappa shape index (κ1) is 13.0. The van der Waals surface area contributed by atoms with Crippen molar-refractivity contribution in [3.8, 4) is 5.75 Å². The lowest BCUT2D eigenvalue weighted by Gasteiger charge is -2.29. The third-order valence-corrected chi connectivity index (χ3v) is 3.15. The van der Waals surface area contributed by atoms with E-state index in [2.05, 4.69) is 10.7 Å². The first-order valence-electron chi connectivity index (χ1n) is 6.34. The Morgan fingerprint density at radius 2 is 1.81 bits per heavy atom. The maximum Gasteiger partial charge on any atom is 0.338 e. The average Bonchev–Trinajstić information content (AvgIpc) is 2.53. The highest BCUT2D eigenvalue weighted by Gasteiger charge is 2.26. The van der Waals surface area contributed by atoms with Crippen LogP contribution in [0.4, 0.5) is 16.2 Å². The third-order valence-electron chi connectivity index (χ3n) is 3.15. The molecule has 0 atom stereocenters. The Morgan fingerprint density at radius 1 is 1.10 bits per heavy atom. The van der Waals surface area contributed by atoms with Crippen LogP contribution in [0.15, 0.2) is 48.5 Å². The molecule has 0 unspecified atom stereocenters. The van der Waals surface area contributed by atoms with Crippen molar-refractivity contribution in [2.24, 2.45) is 0 Å². The van der Waals surface area contributed by atoms with E-state index in [4.69, 9.17) is 4.74 Å². The molecule has 3 amide bonds. The van der Waals surface area contributed by atoms with Crippen LogP contribution in [-0.4, -0.2) is 19.0 Å². The Kier molecular flexibility index (Phi) is 3.19. The molecule has 6 heteroatoms. The van der Waals surface area contributed by atoms with Crippen molar-refractivity contribution >= 4 is 23.3 Å². The van der Waals surface area contributed by atoms with Gasteiger partial charge in [0.15, 0.2) is 0 Å². The highest BCUT2D eigenvalue weighted by molar-refractivity contribution is 6.12. The molecule has 0 spiro atoms. The quantitative estimate of drug-likeness (QED) is 0.889. The van der Waals surface area contributed by atoms with Crippen LogP contribution in [0.3, 0.4) is 0 Å². The van der Waals surface area contributed by atoms with Crippen LogP contribution in [-0.2, 0) is 0 Å². The van der Waals surface area contributed by atoms with E-state index in [0.29, 0.717) is 22.7 Å². The van der Waals surface area contributed by atoms with Crippen LogP contribution in [0, 0.1) is 0 Å². The Bertz CT molecular complexity index is 698. The molecular formula is C15H13N3O3. The standard InChI is InChI=1S/C15H13N3O3/c1-21-11-8-6-10(7-9-11)14(19)18-13-5-3-2-4-12(13)16-15(20)17-18/h2-9H,1H3,(H2,16,17,20). The lowest BCUT2D eigenvalue weighted by Crippen LogP contribution is -2.51. The first-order chi connectivity index (χ1) is 10.2. The Balaban J connectivity index is 1.95. The molecule has 1 aliphatic rings. The number of carbonyl (C=O) groups excluding carboxylic acids is 2. The molecular weight excluding hydrogens is 270 g/mol. The molecule has 2 aromatic rings. The number of nitrogens with zero attached hydrogens (tertiary/aromatic N) is 1. The molecule has 0 aliphatic carbocycles. The van der Waals surface area contributed by atoms with Gasteiger partial charge in [0.2, 0.25) is 0 Å². The van der Waals surface area contributed by atoms with Crippen LogP contribution in [0.5, 0.6) is 5.75 Å². The van der Waals surface area contributed by atoms with Gasteiger partial charge in [-0.15, -0.1) is 0 Å². The monoisotopic (exact) mass is 283 g/mol. The number of nitrogens with one attached hydrogen (secondary N) is 2. The second-order valence-corrected chi connectivity index (χ2v) is 4.45. The number of hydrazine groups is 1. The van der Waals surface area contributed by atoms with Gasteiger partial charge in [-0.3, -0.25) is 4.79 Å². The number of amides is 3. The SMILES string of the molecule is COc1ccc(C(=O)N2NC(=O)Nc3ccccc32)cc1. The lowest BCUT2D eigenvalue weighted by atomic mass is 10.1. The van der Waals surface area contributed by atoms with Gasteiger partial charge in [-0.1, -0.05) is 12.1 Å². The van der Waals surface area contributed by atoms with Gasteiger partial charge in [0.1, 0.15) is 5.75 Å². The van der Waals surface area contributed by atoms with Crippen molar-refractivity contribution in [3.63, 3.8) is 0 Å². The normalized spacial score (nSPS) is 13.0. The van der Waals surface area contributed by atoms with Crippen molar-refractivity contribution < 1.29 is 14.3 Å². The minimum absolute atomic E-state index is 0.319. The summed E-state index contributed by atoms with van der Waals surface area (Å²) in [6.45, 7) is 0. The predicted octanol–water partition coefficient (Wildman–Crippen LogP) is 2.39. The van der Waals surface area contributed by atoms with E-state index in [-0.39, 0.29) is 5.91 Å². The molecule has 3 rings (SSSR count). The largest absolute Gasteiger partial charge is 0.497 e. The summed E-state index contributed by atoms with van der Waals surface area (Å²) >= 11 is 0. The number of fused-ring (bicyclic) bond motifs is 1. The molecule has 21 heavy (non-hydrogen) atoms. The van der Waals surface area contributed by atoms with E-state index < -0.39 is 6.03 Å². The minimum atomic E-state index is -0.449. The van der Waals surface area contributed by atoms with Gasteiger partial charge >= 0.3 is 6.03 Å². The summed E-state index contributed by atoms with van der Waals surface area (Å²) < 4.78 is 5.06. The Hall–Kier alpha value is -3.02. The number of anilines is 2. The highest BCUT2D eigenvalue weighted by atomic mass is 16.5. The number of rotatable bonds is 2. The molecule has 0 aromatic heterocycles. The average molecular weight is 283 g/mol. The van der Waals surface area contributed by atoms with E-state index in [0.717, 1.165) is 0 Å². The number of hydrogen-bond acceptors (Lipinski definition) is 3. The smallest absolute Gasteiger partial charge is 0.338 e. The molecule has 106 valence electrons. The van der Waals surface area contributed by atoms with Gasteiger partial charge < -0.3 is 10.1 Å². The number of carbonyl (C=O) groups is 2. The third kappa shape index (κ3) is 2.38. The first-order valence-corrected chi connectivity index (χ1v) is 6.34. The van der Waals surface area contributed by atoms with Gasteiger partial charge in [-0.2, -0.15) is 0 Å². The minimum Gasteiger partial charge on any atom is -0.497 e. The molecule has 0 saturated heterocycles. The van der Waals surface area contributed by atoms with Crippen molar-refractivity contribution in [2.75, 3.05) is 17.4 Å². The molecule has 0 radical (unpaired) electrons. The van der Waals surface area contributed by atoms with Gasteiger partial charge in [0.25, 0.3) is 5.91 Å². The Labute approximate surface area is 121 Å². The van der Waals surface area contributed by atoms with Gasteiger partial charge in [0.05, 0.1) is 18.5 Å². The molecule has 0 fully saturated rings. The number of methoxy groups -OCH3 is 1. The van der Waals surface area contributed by atoms with Crippen molar-refractivity contribution in [2.45, 2.75) is 0 Å². The number of urea groups is 1. The summed E-state index contributed by atoms with van der Waals surface area (Å²) in [7, 11) is 1.56. The zero-order chi connectivity index (χ0) is 14.8. The summed E-state index contributed by atoms with van der Waals surface area (Å²) in [6.07, 6.45) is 0. The van der Waals surface area contributed by atoms with E-state index in [1.165, 1.54) is 5.01 Å². The zero-order valence-electron chi connectivity index (χ0n) is 11.3. The summed E-state index contributed by atoms with van der Waals surface area (Å²) in [5.74, 6) is 0.344. The van der Waals surface area contributed by atoms with Crippen molar-refractivity contribution in [1.82, 2.24) is 5.43 Å². The van der Waals surface area contributed by atoms with E-state index in [9.17, 15) is 9.59 Å². The summed E-state index contributed by atoms with van der Waals surface area (Å²) in [5.41, 5.74) is 4.14. The molecule has 1 aliphatic heterocycles. The second kappa shape index (κ2) is 5.16. The van der Waals surface area contributed by atoms with Crippen LogP contribution >= 0.6 is 0 Å². The number of para-hydroxylation sites is 2. The van der Waals surface area contributed by atoms with Gasteiger partial charge in [-0.25, -0.2) is 15.2 Å². The highest BCUT2D eigenvalue weighted by Crippen LogP contribution is 2.28. The van der Waals surface area contributed by atoms with Crippen molar-refractivity contribution in [3.05, 3.63) is 54.1 Å². The van der Waals surface area contributed by atoms with Gasteiger partial charge in [0, 0.05) is 5.56 Å². The van der Waals surface area contributed by atoms with Crippen LogP contribution in [0.25, 0.3) is 0 Å². The fourth-order valence-corrected chi connectivity index (χ4v) is 2.11. The van der Waals surface area contributed by atoms with Crippen LogP contribution < -0.4 is 20.5 Å². The maximum absolute atomic E-state index is 12.6. The fourth-order valence-electron chi connectivity index (χ4n) is 2.11. The molecule has 6 nitrogen and oxygen atoms in total. The van der Waals surface area contributed by atoms with Crippen molar-refractivity contribution in [1.29, 1.82) is 0 Å². The number of ether oxygens (including phenoxy) is 1. The molecule has 2 aromatic carbocycles. The number of hydrogen-bond donors (Lipinski definition) is 2. The predicted molar refractivity (Wildman–Crippen MR) is 78.4 cm³/mol. The summed E-state index contributed by atoms with van der Waals surface area (Å²) in [6, 6.07) is 13.3. The maximum atomic E-state index is 12.6. The lowest BCUT2D eigenvalue weighted by molar-refractivity contribution is 0.0976. The second-order valence-electron chi connectivity index (χ2n) is 4.45. The van der Waals surface area contributed by atoms with E-state index in [1.807, 2.05) is 0 Å². The Morgan fingerprint density at radius 3 is 2.52 bits per heavy atom. The molecule has 0 saturated carbocycles. The molecule has 1 heterocycles. The number of benzene rings is 2. The topological polar surface area (TPSA) is 70.7 Å². The van der Waals surface area contributed by atoms with Crippen LogP contribution in [0.2, 0.25) is 0 Å². The zero-order valence-corrected chi connectivity index (χ0v) is 11.3. The fraction of sp³-hybridized carbons (Fsp3) is 0.0667. The van der Waals surface area contributed by atoms with E-state index >= 15 is 0 Å². The molecule has 2 N–H and O–H groups in total. The van der Waals surface area contributed by atoms with Gasteiger partial charge in [-0.05, 0) is 36.4 Å². The van der Waals surface area contributed by atoms with Crippen LogP contribution in [0.1, 0.15) is 10.4 Å². The molecule has 0 bridgehead atoms. The summed E-state index contributed by atoms with van der Waals surface area (Å²) in [4.78, 5) is 24.2. The summed E-state index contributed by atoms with van der Waals surface area (Å²) in [5, 5.41) is 3.88.